The summed E-state index contributed by atoms with van der Waals surface area (Å²) in [7, 11) is -3.87. The van der Waals surface area contributed by atoms with Crippen molar-refractivity contribution in [2.24, 2.45) is 0 Å². The predicted molar refractivity (Wildman–Crippen MR) is 103 cm³/mol. The predicted octanol–water partition coefficient (Wildman–Crippen LogP) is 3.07. The highest BCUT2D eigenvalue weighted by molar-refractivity contribution is 7.89. The molecule has 0 radical (unpaired) electrons. The van der Waals surface area contributed by atoms with E-state index in [9.17, 15) is 18.0 Å². The Morgan fingerprint density at radius 2 is 1.74 bits per heavy atom. The number of benzene rings is 2. The lowest BCUT2D eigenvalue weighted by Gasteiger charge is -2.19. The fourth-order valence-electron chi connectivity index (χ4n) is 3.08. The van der Waals surface area contributed by atoms with Crippen LogP contribution in [0.5, 0.6) is 0 Å². The van der Waals surface area contributed by atoms with Gasteiger partial charge in [0.2, 0.25) is 21.8 Å². The molecule has 142 valence electrons. The molecule has 2 amide bonds. The van der Waals surface area contributed by atoms with Gasteiger partial charge in [0.05, 0.1) is 16.6 Å². The third kappa shape index (κ3) is 3.76. The number of halogens is 1. The van der Waals surface area contributed by atoms with Crippen LogP contribution in [0.4, 0.5) is 5.69 Å². The molecule has 6 nitrogen and oxygen atoms in total. The average molecular weight is 407 g/mol. The van der Waals surface area contributed by atoms with Gasteiger partial charge in [-0.25, -0.2) is 18.0 Å². The number of imide groups is 1. The Balaban J connectivity index is 2.01. The fraction of sp³-hybridized carbons (Fsp3) is 0.263. The SMILES string of the molecule is CC(C)NS(=O)(=O)c1cccc(N2C(=O)CC(c3ccccc3)C2=O)c1Cl. The third-order valence-corrected chi connectivity index (χ3v) is 6.42. The summed E-state index contributed by atoms with van der Waals surface area (Å²) in [6, 6.07) is 13.0. The maximum absolute atomic E-state index is 12.9. The van der Waals surface area contributed by atoms with Crippen LogP contribution in [-0.2, 0) is 19.6 Å². The van der Waals surface area contributed by atoms with Gasteiger partial charge in [-0.05, 0) is 31.5 Å². The number of anilines is 1. The lowest BCUT2D eigenvalue weighted by Crippen LogP contribution is -2.32. The van der Waals surface area contributed by atoms with E-state index in [1.54, 1.807) is 38.1 Å². The van der Waals surface area contributed by atoms with Gasteiger partial charge in [-0.2, -0.15) is 0 Å². The first-order valence-corrected chi connectivity index (χ1v) is 10.3. The standard InChI is InChI=1S/C19H19ClN2O4S/c1-12(2)21-27(25,26)16-10-6-9-15(18(16)20)22-17(23)11-14(19(22)24)13-7-4-3-5-8-13/h3-10,12,14,21H,11H2,1-2H3. The first kappa shape index (κ1) is 19.5. The minimum atomic E-state index is -3.87. The minimum Gasteiger partial charge on any atom is -0.274 e. The number of nitrogens with one attached hydrogen (secondary N) is 1. The summed E-state index contributed by atoms with van der Waals surface area (Å²) in [4.78, 5) is 26.2. The van der Waals surface area contributed by atoms with E-state index in [1.807, 2.05) is 6.07 Å². The molecule has 1 atom stereocenters. The summed E-state index contributed by atoms with van der Waals surface area (Å²) >= 11 is 6.32. The highest BCUT2D eigenvalue weighted by Crippen LogP contribution is 2.38. The number of sulfonamides is 1. The summed E-state index contributed by atoms with van der Waals surface area (Å²) in [5.41, 5.74) is 0.816. The normalized spacial score (nSPS) is 17.8. The zero-order valence-electron chi connectivity index (χ0n) is 14.8. The second-order valence-electron chi connectivity index (χ2n) is 6.60. The number of hydrogen-bond donors (Lipinski definition) is 1. The van der Waals surface area contributed by atoms with Crippen LogP contribution in [0.2, 0.25) is 5.02 Å². The van der Waals surface area contributed by atoms with Crippen molar-refractivity contribution in [1.82, 2.24) is 4.72 Å². The van der Waals surface area contributed by atoms with E-state index in [-0.39, 0.29) is 28.1 Å². The quantitative estimate of drug-likeness (QED) is 0.773. The van der Waals surface area contributed by atoms with Gasteiger partial charge in [-0.15, -0.1) is 0 Å². The maximum Gasteiger partial charge on any atom is 0.242 e. The first-order chi connectivity index (χ1) is 12.7. The molecule has 0 aromatic heterocycles. The van der Waals surface area contributed by atoms with E-state index in [4.69, 9.17) is 11.6 Å². The van der Waals surface area contributed by atoms with Gasteiger partial charge in [0.15, 0.2) is 0 Å². The molecule has 8 heteroatoms. The van der Waals surface area contributed by atoms with Crippen LogP contribution < -0.4 is 9.62 Å². The molecule has 2 aromatic carbocycles. The molecule has 0 spiro atoms. The molecule has 3 rings (SSSR count). The second-order valence-corrected chi connectivity index (χ2v) is 8.66. The van der Waals surface area contributed by atoms with Crippen LogP contribution in [0.15, 0.2) is 53.4 Å². The zero-order chi connectivity index (χ0) is 19.8. The lowest BCUT2D eigenvalue weighted by molar-refractivity contribution is -0.121. The van der Waals surface area contributed by atoms with Crippen molar-refractivity contribution in [3.05, 3.63) is 59.1 Å². The first-order valence-electron chi connectivity index (χ1n) is 8.45. The number of carbonyl (C=O) groups excluding carboxylic acids is 2. The van der Waals surface area contributed by atoms with Crippen LogP contribution >= 0.6 is 11.6 Å². The number of nitrogens with zero attached hydrogens (tertiary/aromatic N) is 1. The van der Waals surface area contributed by atoms with Crippen molar-refractivity contribution in [1.29, 1.82) is 0 Å². The Labute approximate surface area is 163 Å². The largest absolute Gasteiger partial charge is 0.274 e. The molecule has 1 heterocycles. The third-order valence-electron chi connectivity index (χ3n) is 4.21. The van der Waals surface area contributed by atoms with Crippen LogP contribution in [0, 0.1) is 0 Å². The van der Waals surface area contributed by atoms with Crippen molar-refractivity contribution in [3.8, 4) is 0 Å². The molecule has 0 saturated carbocycles. The van der Waals surface area contributed by atoms with Gasteiger partial charge >= 0.3 is 0 Å². The molecule has 0 bridgehead atoms. The van der Waals surface area contributed by atoms with Gasteiger partial charge in [-0.1, -0.05) is 48.0 Å². The van der Waals surface area contributed by atoms with Gasteiger partial charge in [-0.3, -0.25) is 9.59 Å². The molecule has 2 aromatic rings. The molecular weight excluding hydrogens is 388 g/mol. The van der Waals surface area contributed by atoms with Crippen LogP contribution in [0.3, 0.4) is 0 Å². The summed E-state index contributed by atoms with van der Waals surface area (Å²) in [6.45, 7) is 3.38. The smallest absolute Gasteiger partial charge is 0.242 e. The van der Waals surface area contributed by atoms with E-state index in [0.29, 0.717) is 0 Å². The number of rotatable bonds is 5. The summed E-state index contributed by atoms with van der Waals surface area (Å²) in [5, 5.41) is -0.152. The highest BCUT2D eigenvalue weighted by Gasteiger charge is 2.41. The molecule has 27 heavy (non-hydrogen) atoms. The lowest BCUT2D eigenvalue weighted by atomic mass is 9.98. The van der Waals surface area contributed by atoms with Crippen LogP contribution in [-0.4, -0.2) is 26.3 Å². The van der Waals surface area contributed by atoms with Gasteiger partial charge < -0.3 is 0 Å². The molecule has 1 aliphatic heterocycles. The molecular formula is C19H19ClN2O4S. The number of amides is 2. The summed E-state index contributed by atoms with van der Waals surface area (Å²) in [6.07, 6.45) is 0.0143. The number of carbonyl (C=O) groups is 2. The highest BCUT2D eigenvalue weighted by atomic mass is 35.5. The molecule has 1 unspecified atom stereocenters. The molecule has 0 aliphatic carbocycles. The van der Waals surface area contributed by atoms with E-state index in [0.717, 1.165) is 10.5 Å². The monoisotopic (exact) mass is 406 g/mol. The maximum atomic E-state index is 12.9. The average Bonchev–Trinajstić information content (AvgIpc) is 2.89. The van der Waals surface area contributed by atoms with Crippen molar-refractivity contribution in [2.45, 2.75) is 37.1 Å². The van der Waals surface area contributed by atoms with Crippen molar-refractivity contribution in [2.75, 3.05) is 4.90 Å². The Morgan fingerprint density at radius 3 is 2.37 bits per heavy atom. The van der Waals surface area contributed by atoms with Gasteiger partial charge in [0, 0.05) is 12.5 Å². The van der Waals surface area contributed by atoms with Crippen molar-refractivity contribution < 1.29 is 18.0 Å². The molecule has 1 N–H and O–H groups in total. The van der Waals surface area contributed by atoms with Crippen molar-refractivity contribution in [3.63, 3.8) is 0 Å². The van der Waals surface area contributed by atoms with Gasteiger partial charge in [0.1, 0.15) is 4.90 Å². The Kier molecular flexibility index (Phi) is 5.37. The second kappa shape index (κ2) is 7.42. The molecule has 1 saturated heterocycles. The van der Waals surface area contributed by atoms with Gasteiger partial charge in [0.25, 0.3) is 0 Å². The van der Waals surface area contributed by atoms with Crippen LogP contribution in [0.25, 0.3) is 0 Å². The molecule has 1 fully saturated rings. The number of hydrogen-bond acceptors (Lipinski definition) is 4. The van der Waals surface area contributed by atoms with E-state index in [1.165, 1.54) is 18.2 Å². The Morgan fingerprint density at radius 1 is 1.07 bits per heavy atom. The minimum absolute atomic E-state index is 0.0143. The van der Waals surface area contributed by atoms with E-state index >= 15 is 0 Å². The molecule has 1 aliphatic rings. The topological polar surface area (TPSA) is 83.6 Å². The van der Waals surface area contributed by atoms with E-state index < -0.39 is 27.8 Å². The van der Waals surface area contributed by atoms with Crippen molar-refractivity contribution >= 4 is 39.1 Å². The van der Waals surface area contributed by atoms with Crippen LogP contribution in [0.1, 0.15) is 31.7 Å². The zero-order valence-corrected chi connectivity index (χ0v) is 16.4. The Hall–Kier alpha value is -2.22. The summed E-state index contributed by atoms with van der Waals surface area (Å²) in [5.74, 6) is -1.44. The summed E-state index contributed by atoms with van der Waals surface area (Å²) < 4.78 is 27.4. The fourth-order valence-corrected chi connectivity index (χ4v) is 4.95. The van der Waals surface area contributed by atoms with E-state index in [2.05, 4.69) is 4.72 Å². The Bertz CT molecular complexity index is 990.